The van der Waals surface area contributed by atoms with E-state index in [0.29, 0.717) is 13.1 Å². The lowest BCUT2D eigenvalue weighted by Gasteiger charge is -2.41. The minimum atomic E-state index is 0. The van der Waals surface area contributed by atoms with Gasteiger partial charge in [0.25, 0.3) is 5.91 Å². The van der Waals surface area contributed by atoms with Gasteiger partial charge < -0.3 is 15.1 Å². The Morgan fingerprint density at radius 3 is 2.85 bits per heavy atom. The number of thiophene rings is 1. The number of likely N-dealkylation sites (tertiary alicyclic amines) is 1. The predicted molar refractivity (Wildman–Crippen MR) is 106 cm³/mol. The standard InChI is InChI=1S/C19H27N3O2S.ClH/c23-18-12-20-8-10-22(18)15-6-4-9-21(13-15)19(24)17-11-14-5-2-1-3-7-16(14)25-17;/h11,15,20H,1-10,12-13H2;1H. The summed E-state index contributed by atoms with van der Waals surface area (Å²) in [4.78, 5) is 31.5. The highest BCUT2D eigenvalue weighted by atomic mass is 35.5. The fourth-order valence-electron chi connectivity index (χ4n) is 4.33. The topological polar surface area (TPSA) is 52.7 Å². The molecule has 26 heavy (non-hydrogen) atoms. The molecule has 1 aliphatic carbocycles. The van der Waals surface area contributed by atoms with Gasteiger partial charge in [-0.15, -0.1) is 23.7 Å². The number of carbonyl (C=O) groups is 2. The second-order valence-corrected chi connectivity index (χ2v) is 8.57. The van der Waals surface area contributed by atoms with Crippen molar-refractivity contribution in [2.45, 2.75) is 51.0 Å². The average Bonchev–Trinajstić information content (AvgIpc) is 2.92. The van der Waals surface area contributed by atoms with Crippen LogP contribution in [0.2, 0.25) is 0 Å². The van der Waals surface area contributed by atoms with Crippen LogP contribution in [0.4, 0.5) is 0 Å². The van der Waals surface area contributed by atoms with Gasteiger partial charge >= 0.3 is 0 Å². The van der Waals surface area contributed by atoms with E-state index in [1.807, 2.05) is 9.80 Å². The maximum Gasteiger partial charge on any atom is 0.264 e. The van der Waals surface area contributed by atoms with Gasteiger partial charge in [0.15, 0.2) is 0 Å². The molecule has 0 spiro atoms. The number of piperazine rings is 1. The van der Waals surface area contributed by atoms with Crippen molar-refractivity contribution >= 4 is 35.6 Å². The molecule has 0 bridgehead atoms. The van der Waals surface area contributed by atoms with E-state index in [0.717, 1.165) is 50.2 Å². The third-order valence-corrected chi connectivity index (χ3v) is 6.93. The molecule has 1 atom stereocenters. The number of piperidine rings is 1. The Morgan fingerprint density at radius 2 is 2.00 bits per heavy atom. The van der Waals surface area contributed by atoms with Crippen LogP contribution in [-0.2, 0) is 17.6 Å². The Balaban J connectivity index is 0.00000196. The highest BCUT2D eigenvalue weighted by molar-refractivity contribution is 7.14. The molecule has 1 N–H and O–H groups in total. The largest absolute Gasteiger partial charge is 0.336 e. The number of nitrogens with one attached hydrogen (secondary N) is 1. The average molecular weight is 398 g/mol. The van der Waals surface area contributed by atoms with Crippen LogP contribution in [0.5, 0.6) is 0 Å². The van der Waals surface area contributed by atoms with Crippen molar-refractivity contribution in [2.75, 3.05) is 32.7 Å². The number of aryl methyl sites for hydroxylation is 2. The van der Waals surface area contributed by atoms with E-state index in [-0.39, 0.29) is 30.3 Å². The minimum Gasteiger partial charge on any atom is -0.336 e. The SMILES string of the molecule is Cl.O=C(c1cc2c(s1)CCCCC2)N1CCCC(N2CCNCC2=O)C1. The first kappa shape index (κ1) is 19.6. The monoisotopic (exact) mass is 397 g/mol. The third kappa shape index (κ3) is 4.07. The van der Waals surface area contributed by atoms with E-state index in [2.05, 4.69) is 11.4 Å². The summed E-state index contributed by atoms with van der Waals surface area (Å²) in [6.07, 6.45) is 8.04. The zero-order chi connectivity index (χ0) is 17.2. The van der Waals surface area contributed by atoms with E-state index < -0.39 is 0 Å². The van der Waals surface area contributed by atoms with Crippen LogP contribution in [0, 0.1) is 0 Å². The van der Waals surface area contributed by atoms with Crippen LogP contribution < -0.4 is 5.32 Å². The highest BCUT2D eigenvalue weighted by Gasteiger charge is 2.32. The second kappa shape index (κ2) is 8.72. The van der Waals surface area contributed by atoms with Crippen molar-refractivity contribution in [2.24, 2.45) is 0 Å². The van der Waals surface area contributed by atoms with Gasteiger partial charge in [0.05, 0.1) is 11.4 Å². The summed E-state index contributed by atoms with van der Waals surface area (Å²) < 4.78 is 0. The van der Waals surface area contributed by atoms with Crippen molar-refractivity contribution in [3.63, 3.8) is 0 Å². The quantitative estimate of drug-likeness (QED) is 0.780. The second-order valence-electron chi connectivity index (χ2n) is 7.43. The Kier molecular flexibility index (Phi) is 6.59. The molecule has 5 nitrogen and oxygen atoms in total. The lowest BCUT2D eigenvalue weighted by atomic mass is 10.0. The molecule has 144 valence electrons. The zero-order valence-electron chi connectivity index (χ0n) is 15.2. The molecule has 0 saturated carbocycles. The Bertz CT molecular complexity index is 640. The van der Waals surface area contributed by atoms with Crippen molar-refractivity contribution in [3.8, 4) is 0 Å². The summed E-state index contributed by atoms with van der Waals surface area (Å²) in [6.45, 7) is 3.56. The first-order valence-corrected chi connectivity index (χ1v) is 10.4. The van der Waals surface area contributed by atoms with Crippen LogP contribution in [0.1, 0.15) is 52.2 Å². The molecule has 4 rings (SSSR count). The Morgan fingerprint density at radius 1 is 1.15 bits per heavy atom. The van der Waals surface area contributed by atoms with Crippen molar-refractivity contribution in [3.05, 3.63) is 21.4 Å². The molecular formula is C19H28ClN3O2S. The summed E-state index contributed by atoms with van der Waals surface area (Å²) in [7, 11) is 0. The number of hydrogen-bond donors (Lipinski definition) is 1. The normalized spacial score (nSPS) is 23.8. The van der Waals surface area contributed by atoms with Gasteiger partial charge in [-0.25, -0.2) is 0 Å². The van der Waals surface area contributed by atoms with E-state index in [1.54, 1.807) is 11.3 Å². The van der Waals surface area contributed by atoms with Gasteiger partial charge in [-0.2, -0.15) is 0 Å². The van der Waals surface area contributed by atoms with Crippen molar-refractivity contribution in [1.29, 1.82) is 0 Å². The molecule has 3 heterocycles. The summed E-state index contributed by atoms with van der Waals surface area (Å²) in [5.74, 6) is 0.346. The van der Waals surface area contributed by atoms with Gasteiger partial charge in [-0.05, 0) is 50.2 Å². The Labute approximate surface area is 165 Å². The molecule has 2 fully saturated rings. The van der Waals surface area contributed by atoms with Crippen LogP contribution in [-0.4, -0.2) is 60.4 Å². The van der Waals surface area contributed by atoms with Crippen molar-refractivity contribution in [1.82, 2.24) is 15.1 Å². The van der Waals surface area contributed by atoms with Crippen molar-refractivity contribution < 1.29 is 9.59 Å². The number of rotatable bonds is 2. The zero-order valence-corrected chi connectivity index (χ0v) is 16.8. The van der Waals surface area contributed by atoms with Crippen LogP contribution in [0.15, 0.2) is 6.07 Å². The van der Waals surface area contributed by atoms with Crippen LogP contribution in [0.3, 0.4) is 0 Å². The molecule has 7 heteroatoms. The molecule has 3 aliphatic rings. The van der Waals surface area contributed by atoms with Crippen LogP contribution in [0.25, 0.3) is 0 Å². The molecule has 2 saturated heterocycles. The lowest BCUT2D eigenvalue weighted by molar-refractivity contribution is -0.135. The van der Waals surface area contributed by atoms with Gasteiger partial charge in [-0.1, -0.05) is 6.42 Å². The van der Waals surface area contributed by atoms with E-state index in [1.165, 1.54) is 29.7 Å². The molecule has 0 radical (unpaired) electrons. The summed E-state index contributed by atoms with van der Waals surface area (Å²) in [6, 6.07) is 2.33. The number of hydrogen-bond acceptors (Lipinski definition) is 4. The maximum absolute atomic E-state index is 13.0. The molecule has 1 aromatic heterocycles. The van der Waals surface area contributed by atoms with E-state index in [4.69, 9.17) is 0 Å². The van der Waals surface area contributed by atoms with E-state index >= 15 is 0 Å². The van der Waals surface area contributed by atoms with Gasteiger partial charge in [0.1, 0.15) is 0 Å². The van der Waals surface area contributed by atoms with E-state index in [9.17, 15) is 9.59 Å². The van der Waals surface area contributed by atoms with Gasteiger partial charge in [0, 0.05) is 37.1 Å². The molecule has 1 aromatic rings. The number of amides is 2. The summed E-state index contributed by atoms with van der Waals surface area (Å²) in [5, 5.41) is 3.13. The Hall–Kier alpha value is -1.11. The molecule has 0 aromatic carbocycles. The highest BCUT2D eigenvalue weighted by Crippen LogP contribution is 2.30. The number of nitrogens with zero attached hydrogens (tertiary/aromatic N) is 2. The maximum atomic E-state index is 13.0. The minimum absolute atomic E-state index is 0. The van der Waals surface area contributed by atoms with Crippen LogP contribution >= 0.6 is 23.7 Å². The fraction of sp³-hybridized carbons (Fsp3) is 0.684. The fourth-order valence-corrected chi connectivity index (χ4v) is 5.55. The smallest absolute Gasteiger partial charge is 0.264 e. The molecule has 2 amide bonds. The number of carbonyl (C=O) groups excluding carboxylic acids is 2. The first-order chi connectivity index (χ1) is 12.2. The summed E-state index contributed by atoms with van der Waals surface area (Å²) in [5.41, 5.74) is 1.40. The van der Waals surface area contributed by atoms with Gasteiger partial charge in [-0.3, -0.25) is 9.59 Å². The molecular weight excluding hydrogens is 370 g/mol. The first-order valence-electron chi connectivity index (χ1n) is 9.63. The lowest BCUT2D eigenvalue weighted by Crippen LogP contribution is -2.57. The summed E-state index contributed by atoms with van der Waals surface area (Å²) >= 11 is 1.71. The van der Waals surface area contributed by atoms with Gasteiger partial charge in [0.2, 0.25) is 5.91 Å². The number of fused-ring (bicyclic) bond motifs is 1. The molecule has 1 unspecified atom stereocenters. The molecule has 2 aliphatic heterocycles. The number of halogens is 1. The predicted octanol–water partition coefficient (Wildman–Crippen LogP) is 2.48. The third-order valence-electron chi connectivity index (χ3n) is 5.71.